The summed E-state index contributed by atoms with van der Waals surface area (Å²) < 4.78 is 0. The van der Waals surface area contributed by atoms with Gasteiger partial charge in [-0.25, -0.2) is 0 Å². The molecule has 0 saturated carbocycles. The highest BCUT2D eigenvalue weighted by Gasteiger charge is 2.37. The first-order chi connectivity index (χ1) is 9.96. The molecule has 4 nitrogen and oxygen atoms in total. The SMILES string of the molecule is CCC1CN(C)CCCN1C(=O)C(C)(N)c1ccccc1. The molecule has 2 rings (SSSR count). The Morgan fingerprint density at radius 3 is 2.62 bits per heavy atom. The van der Waals surface area contributed by atoms with Gasteiger partial charge >= 0.3 is 0 Å². The Morgan fingerprint density at radius 1 is 1.33 bits per heavy atom. The average molecular weight is 289 g/mol. The molecule has 1 saturated heterocycles. The van der Waals surface area contributed by atoms with Crippen LogP contribution in [0, 0.1) is 0 Å². The number of hydrogen-bond donors (Lipinski definition) is 1. The van der Waals surface area contributed by atoms with Crippen molar-refractivity contribution in [1.29, 1.82) is 0 Å². The molecule has 1 aliphatic heterocycles. The van der Waals surface area contributed by atoms with Gasteiger partial charge in [0.15, 0.2) is 0 Å². The van der Waals surface area contributed by atoms with Crippen molar-refractivity contribution < 1.29 is 4.79 Å². The molecule has 0 aliphatic carbocycles. The first kappa shape index (κ1) is 16.0. The van der Waals surface area contributed by atoms with Gasteiger partial charge in [0.05, 0.1) is 0 Å². The summed E-state index contributed by atoms with van der Waals surface area (Å²) in [5.41, 5.74) is 6.33. The number of nitrogens with zero attached hydrogens (tertiary/aromatic N) is 2. The fraction of sp³-hybridized carbons (Fsp3) is 0.588. The van der Waals surface area contributed by atoms with E-state index in [0.29, 0.717) is 0 Å². The van der Waals surface area contributed by atoms with Crippen LogP contribution in [0.15, 0.2) is 30.3 Å². The summed E-state index contributed by atoms with van der Waals surface area (Å²) >= 11 is 0. The van der Waals surface area contributed by atoms with E-state index in [9.17, 15) is 4.79 Å². The predicted molar refractivity (Wildman–Crippen MR) is 85.9 cm³/mol. The largest absolute Gasteiger partial charge is 0.336 e. The maximum atomic E-state index is 13.0. The molecule has 1 aliphatic rings. The lowest BCUT2D eigenvalue weighted by molar-refractivity contribution is -0.139. The van der Waals surface area contributed by atoms with Crippen molar-refractivity contribution in [3.8, 4) is 0 Å². The number of likely N-dealkylation sites (N-methyl/N-ethyl adjacent to an activating group) is 1. The quantitative estimate of drug-likeness (QED) is 0.923. The minimum Gasteiger partial charge on any atom is -0.336 e. The lowest BCUT2D eigenvalue weighted by atomic mass is 9.91. The topological polar surface area (TPSA) is 49.6 Å². The van der Waals surface area contributed by atoms with Gasteiger partial charge in [-0.2, -0.15) is 0 Å². The Bertz CT molecular complexity index is 472. The fourth-order valence-electron chi connectivity index (χ4n) is 3.07. The Morgan fingerprint density at radius 2 is 2.00 bits per heavy atom. The van der Waals surface area contributed by atoms with E-state index in [-0.39, 0.29) is 11.9 Å². The molecule has 0 radical (unpaired) electrons. The Hall–Kier alpha value is -1.39. The van der Waals surface area contributed by atoms with E-state index in [0.717, 1.165) is 38.0 Å². The maximum absolute atomic E-state index is 13.0. The van der Waals surface area contributed by atoms with Crippen LogP contribution in [0.2, 0.25) is 0 Å². The molecule has 2 unspecified atom stereocenters. The summed E-state index contributed by atoms with van der Waals surface area (Å²) in [6.07, 6.45) is 1.96. The minimum atomic E-state index is -0.961. The van der Waals surface area contributed by atoms with Crippen LogP contribution >= 0.6 is 0 Å². The summed E-state index contributed by atoms with van der Waals surface area (Å²) in [4.78, 5) is 17.3. The van der Waals surface area contributed by atoms with Gasteiger partial charge < -0.3 is 15.5 Å². The second-order valence-electron chi connectivity index (χ2n) is 6.24. The highest BCUT2D eigenvalue weighted by atomic mass is 16.2. The van der Waals surface area contributed by atoms with E-state index in [4.69, 9.17) is 5.73 Å². The summed E-state index contributed by atoms with van der Waals surface area (Å²) in [6, 6.07) is 9.92. The van der Waals surface area contributed by atoms with Crippen molar-refractivity contribution in [3.05, 3.63) is 35.9 Å². The molecule has 1 fully saturated rings. The molecule has 1 amide bonds. The monoisotopic (exact) mass is 289 g/mol. The van der Waals surface area contributed by atoms with Crippen LogP contribution < -0.4 is 5.73 Å². The Labute approximate surface area is 127 Å². The zero-order valence-corrected chi connectivity index (χ0v) is 13.4. The van der Waals surface area contributed by atoms with Crippen LogP contribution in [0.3, 0.4) is 0 Å². The standard InChI is InChI=1S/C17H27N3O/c1-4-15-13-19(3)11-8-12-20(15)16(21)17(2,18)14-9-6-5-7-10-14/h5-7,9-10,15H,4,8,11-13,18H2,1-3H3. The van der Waals surface area contributed by atoms with Crippen molar-refractivity contribution in [3.63, 3.8) is 0 Å². The number of carbonyl (C=O) groups excluding carboxylic acids is 1. The number of amides is 1. The third-order valence-corrected chi connectivity index (χ3v) is 4.45. The normalized spacial score (nSPS) is 23.4. The molecular weight excluding hydrogens is 262 g/mol. The number of carbonyl (C=O) groups is 1. The van der Waals surface area contributed by atoms with Crippen molar-refractivity contribution in [2.24, 2.45) is 5.73 Å². The van der Waals surface area contributed by atoms with E-state index < -0.39 is 5.54 Å². The van der Waals surface area contributed by atoms with Crippen LogP contribution in [0.1, 0.15) is 32.3 Å². The van der Waals surface area contributed by atoms with E-state index in [1.165, 1.54) is 0 Å². The maximum Gasteiger partial charge on any atom is 0.247 e. The molecule has 21 heavy (non-hydrogen) atoms. The molecule has 0 aromatic heterocycles. The molecule has 0 bridgehead atoms. The van der Waals surface area contributed by atoms with Crippen molar-refractivity contribution >= 4 is 5.91 Å². The third-order valence-electron chi connectivity index (χ3n) is 4.45. The zero-order valence-electron chi connectivity index (χ0n) is 13.4. The summed E-state index contributed by atoms with van der Waals surface area (Å²) in [5.74, 6) is 0.0378. The van der Waals surface area contributed by atoms with Crippen molar-refractivity contribution in [1.82, 2.24) is 9.80 Å². The van der Waals surface area contributed by atoms with E-state index >= 15 is 0 Å². The van der Waals surface area contributed by atoms with E-state index in [2.05, 4.69) is 18.9 Å². The van der Waals surface area contributed by atoms with Gasteiger partial charge in [0.1, 0.15) is 5.54 Å². The third kappa shape index (κ3) is 3.44. The molecule has 116 valence electrons. The van der Waals surface area contributed by atoms with Crippen molar-refractivity contribution in [2.75, 3.05) is 26.7 Å². The van der Waals surface area contributed by atoms with Gasteiger partial charge in [0, 0.05) is 19.1 Å². The van der Waals surface area contributed by atoms with Crippen LogP contribution in [-0.2, 0) is 10.3 Å². The lowest BCUT2D eigenvalue weighted by Crippen LogP contribution is -2.55. The van der Waals surface area contributed by atoms with Crippen LogP contribution in [0.5, 0.6) is 0 Å². The van der Waals surface area contributed by atoms with Gasteiger partial charge in [0.2, 0.25) is 5.91 Å². The fourth-order valence-corrected chi connectivity index (χ4v) is 3.07. The predicted octanol–water partition coefficient (Wildman–Crippen LogP) is 1.80. The van der Waals surface area contributed by atoms with E-state index in [1.54, 1.807) is 0 Å². The first-order valence-electron chi connectivity index (χ1n) is 7.80. The zero-order chi connectivity index (χ0) is 15.5. The van der Waals surface area contributed by atoms with Crippen LogP contribution in [0.4, 0.5) is 0 Å². The Kier molecular flexibility index (Phi) is 5.01. The minimum absolute atomic E-state index is 0.0378. The number of benzene rings is 1. The summed E-state index contributed by atoms with van der Waals surface area (Å²) in [6.45, 7) is 6.72. The summed E-state index contributed by atoms with van der Waals surface area (Å²) in [5, 5.41) is 0. The molecule has 1 aromatic rings. The molecule has 1 heterocycles. The van der Waals surface area contributed by atoms with Gasteiger partial charge in [0.25, 0.3) is 0 Å². The first-order valence-corrected chi connectivity index (χ1v) is 7.80. The lowest BCUT2D eigenvalue weighted by Gasteiger charge is -2.36. The highest BCUT2D eigenvalue weighted by Crippen LogP contribution is 2.23. The molecule has 1 aromatic carbocycles. The van der Waals surface area contributed by atoms with Crippen molar-refractivity contribution in [2.45, 2.75) is 38.3 Å². The van der Waals surface area contributed by atoms with Gasteiger partial charge in [-0.15, -0.1) is 0 Å². The van der Waals surface area contributed by atoms with Crippen LogP contribution in [0.25, 0.3) is 0 Å². The molecule has 2 N–H and O–H groups in total. The van der Waals surface area contributed by atoms with Gasteiger partial charge in [-0.1, -0.05) is 37.3 Å². The molecular formula is C17H27N3O. The molecule has 4 heteroatoms. The smallest absolute Gasteiger partial charge is 0.247 e. The van der Waals surface area contributed by atoms with E-state index in [1.807, 2.05) is 42.2 Å². The second-order valence-corrected chi connectivity index (χ2v) is 6.24. The molecule has 2 atom stereocenters. The number of hydrogen-bond acceptors (Lipinski definition) is 3. The Balaban J connectivity index is 2.24. The second kappa shape index (κ2) is 6.58. The summed E-state index contributed by atoms with van der Waals surface area (Å²) in [7, 11) is 2.12. The van der Waals surface area contributed by atoms with Gasteiger partial charge in [-0.05, 0) is 38.9 Å². The van der Waals surface area contributed by atoms with Gasteiger partial charge in [-0.3, -0.25) is 4.79 Å². The number of rotatable bonds is 3. The molecule has 0 spiro atoms. The highest BCUT2D eigenvalue weighted by molar-refractivity contribution is 5.87. The average Bonchev–Trinajstić information content (AvgIpc) is 2.68. The van der Waals surface area contributed by atoms with Crippen LogP contribution in [-0.4, -0.2) is 48.4 Å². The number of nitrogens with two attached hydrogens (primary N) is 1.